The fourth-order valence-electron chi connectivity index (χ4n) is 0. The van der Waals surface area contributed by atoms with Gasteiger partial charge in [-0.15, -0.1) is 0 Å². The molecule has 0 saturated carbocycles. The van der Waals surface area contributed by atoms with E-state index in [2.05, 4.69) is 0 Å². The van der Waals surface area contributed by atoms with E-state index < -0.39 is 0 Å². The Kier molecular flexibility index (Phi) is 1610. The Labute approximate surface area is 40.6 Å². The first kappa shape index (κ1) is 18.5. The van der Waals surface area contributed by atoms with Crippen LogP contribution in [0.1, 0.15) is 5.71 Å². The Morgan fingerprint density at radius 1 is 1.50 bits per heavy atom. The summed E-state index contributed by atoms with van der Waals surface area (Å²) < 4.78 is 0. The maximum atomic E-state index is 8.12. The number of rotatable bonds is 0. The predicted molar refractivity (Wildman–Crippen MR) is 25.2 cm³/mol. The van der Waals surface area contributed by atoms with Gasteiger partial charge >= 0.3 is 6.15 Å². The average molecular weight is 102 g/mol. The van der Waals surface area contributed by atoms with Gasteiger partial charge in [-0.2, -0.15) is 9.59 Å². The van der Waals surface area contributed by atoms with E-state index in [1.165, 1.54) is 0 Å². The minimum Gasteiger partial charge on any atom is -0.412 e. The van der Waals surface area contributed by atoms with E-state index in [1.54, 1.807) is 0 Å². The average Bonchev–Trinajstić information content (AvgIpc) is 1.46. The van der Waals surface area contributed by atoms with Crippen molar-refractivity contribution in [2.45, 2.75) is 0 Å². The van der Waals surface area contributed by atoms with Crippen molar-refractivity contribution in [3.63, 3.8) is 0 Å². The second kappa shape index (κ2) is 520. The van der Waals surface area contributed by atoms with Crippen LogP contribution in [0.3, 0.4) is 0 Å². The zero-order valence-electron chi connectivity index (χ0n) is 3.26. The number of carbonyl (C=O) groups excluding carboxylic acids is 2. The van der Waals surface area contributed by atoms with E-state index in [0.29, 0.717) is 0 Å². The SMILES string of the molecule is CO.O.O=C=O.[HH].[HH].[HH].[HH]. The van der Waals surface area contributed by atoms with Gasteiger partial charge in [0.1, 0.15) is 0 Å². The van der Waals surface area contributed by atoms with Crippen LogP contribution in [0, 0.1) is 0 Å². The van der Waals surface area contributed by atoms with Crippen LogP contribution in [0.2, 0.25) is 0 Å². The molecule has 6 heavy (non-hydrogen) atoms. The van der Waals surface area contributed by atoms with Gasteiger partial charge in [-0.1, -0.05) is 0 Å². The highest BCUT2D eigenvalue weighted by Gasteiger charge is 1.13. The fourth-order valence-corrected chi connectivity index (χ4v) is 0. The Morgan fingerprint density at radius 3 is 1.50 bits per heavy atom. The van der Waals surface area contributed by atoms with Crippen LogP contribution in [-0.2, 0) is 9.59 Å². The van der Waals surface area contributed by atoms with Crippen LogP contribution in [0.25, 0.3) is 0 Å². The molecule has 0 radical (unpaired) electrons. The van der Waals surface area contributed by atoms with Crippen molar-refractivity contribution < 1.29 is 25.9 Å². The normalized spacial score (nSPS) is 2.33. The molecule has 0 atom stereocenters. The molecular weight excluding hydrogens is 88.0 g/mol. The van der Waals surface area contributed by atoms with Gasteiger partial charge in [0.05, 0.1) is 0 Å². The molecule has 0 aliphatic heterocycles. The Balaban J connectivity index is -0.00000000246. The molecule has 0 aromatic carbocycles. The number of hydrogen-bond acceptors (Lipinski definition) is 3. The minimum atomic E-state index is 0. The lowest BCUT2D eigenvalue weighted by Gasteiger charge is -1.21. The lowest BCUT2D eigenvalue weighted by atomic mass is 11.8. The van der Waals surface area contributed by atoms with Gasteiger partial charge < -0.3 is 10.6 Å². The Morgan fingerprint density at radius 2 is 1.50 bits per heavy atom. The molecule has 0 rings (SSSR count). The second-order valence-corrected chi connectivity index (χ2v) is 0.0833. The molecule has 3 N–H and O–H groups in total. The van der Waals surface area contributed by atoms with E-state index in [0.717, 1.165) is 7.11 Å². The van der Waals surface area contributed by atoms with E-state index in [9.17, 15) is 0 Å². The van der Waals surface area contributed by atoms with E-state index in [1.807, 2.05) is 0 Å². The van der Waals surface area contributed by atoms with Gasteiger partial charge in [0.15, 0.2) is 0 Å². The third-order valence-corrected chi connectivity index (χ3v) is 0. The molecule has 0 unspecified atom stereocenters. The molecule has 4 nitrogen and oxygen atoms in total. The molecule has 0 bridgehead atoms. The summed E-state index contributed by atoms with van der Waals surface area (Å²) in [5, 5.41) is 7.00. The second-order valence-electron chi connectivity index (χ2n) is 0.0833. The first-order valence-corrected chi connectivity index (χ1v) is 0.855. The molecular formula is C2H14O4. The van der Waals surface area contributed by atoms with Gasteiger partial charge in [0, 0.05) is 12.8 Å². The van der Waals surface area contributed by atoms with Crippen molar-refractivity contribution in [3.05, 3.63) is 0 Å². The van der Waals surface area contributed by atoms with Gasteiger partial charge in [-0.05, 0) is 0 Å². The van der Waals surface area contributed by atoms with Crippen LogP contribution < -0.4 is 0 Å². The molecule has 0 aromatic rings. The molecule has 4 heteroatoms. The molecule has 0 amide bonds. The lowest BCUT2D eigenvalue weighted by molar-refractivity contribution is -0.191. The highest BCUT2D eigenvalue weighted by atomic mass is 16.2. The molecule has 0 spiro atoms. The van der Waals surface area contributed by atoms with Crippen molar-refractivity contribution in [2.24, 2.45) is 0 Å². The lowest BCUT2D eigenvalue weighted by Crippen LogP contribution is -1.25. The predicted octanol–water partition coefficient (Wildman–Crippen LogP) is -0.816. The van der Waals surface area contributed by atoms with Crippen LogP contribution in [0.4, 0.5) is 0 Å². The summed E-state index contributed by atoms with van der Waals surface area (Å²) in [6, 6.07) is 0. The quantitative estimate of drug-likeness (QED) is 0.433. The van der Waals surface area contributed by atoms with Gasteiger partial charge in [0.25, 0.3) is 0 Å². The van der Waals surface area contributed by atoms with Crippen LogP contribution in [-0.4, -0.2) is 23.8 Å². The van der Waals surface area contributed by atoms with Crippen LogP contribution in [0.15, 0.2) is 0 Å². The molecule has 0 aromatic heterocycles. The summed E-state index contributed by atoms with van der Waals surface area (Å²) in [7, 11) is 1.00. The fraction of sp³-hybridized carbons (Fsp3) is 0.500. The molecule has 0 heterocycles. The van der Waals surface area contributed by atoms with Crippen molar-refractivity contribution in [2.75, 3.05) is 7.11 Å². The van der Waals surface area contributed by atoms with E-state index in [-0.39, 0.29) is 17.3 Å². The number of aliphatic hydroxyl groups excluding tert-OH is 1. The third-order valence-electron chi connectivity index (χ3n) is 0. The van der Waals surface area contributed by atoms with Crippen molar-refractivity contribution >= 4 is 6.15 Å². The molecule has 46 valence electrons. The molecule has 0 aliphatic carbocycles. The van der Waals surface area contributed by atoms with Crippen molar-refractivity contribution in [1.29, 1.82) is 0 Å². The van der Waals surface area contributed by atoms with Crippen molar-refractivity contribution in [1.82, 2.24) is 0 Å². The first-order valence-electron chi connectivity index (χ1n) is 0.855. The van der Waals surface area contributed by atoms with Crippen molar-refractivity contribution in [3.8, 4) is 0 Å². The summed E-state index contributed by atoms with van der Waals surface area (Å²) >= 11 is 0. The van der Waals surface area contributed by atoms with Gasteiger partial charge in [-0.3, -0.25) is 0 Å². The third kappa shape index (κ3) is 35.6. The molecule has 0 saturated heterocycles. The number of aliphatic hydroxyl groups is 1. The Hall–Kier alpha value is -0.700. The molecule has 0 aliphatic rings. The maximum Gasteiger partial charge on any atom is 0.373 e. The number of hydrogen-bond donors (Lipinski definition) is 1. The smallest absolute Gasteiger partial charge is 0.373 e. The standard InChI is InChI=1S/CO2.CH4O.H2O.4H2/c2-1-3;1-2;;;;;/h;2H,1H3;1H2;4*1H. The summed E-state index contributed by atoms with van der Waals surface area (Å²) in [6.45, 7) is 0. The maximum absolute atomic E-state index is 8.12. The largest absolute Gasteiger partial charge is 0.412 e. The van der Waals surface area contributed by atoms with Crippen LogP contribution in [0.5, 0.6) is 0 Å². The monoisotopic (exact) mass is 102 g/mol. The minimum absolute atomic E-state index is 0. The van der Waals surface area contributed by atoms with Gasteiger partial charge in [0.2, 0.25) is 0 Å². The van der Waals surface area contributed by atoms with Gasteiger partial charge in [-0.25, -0.2) is 0 Å². The van der Waals surface area contributed by atoms with E-state index in [4.69, 9.17) is 14.7 Å². The zero-order valence-corrected chi connectivity index (χ0v) is 3.26. The first-order chi connectivity index (χ1) is 2.41. The van der Waals surface area contributed by atoms with Crippen LogP contribution >= 0.6 is 0 Å². The molecule has 0 fully saturated rings. The Bertz CT molecular complexity index is 36.2. The summed E-state index contributed by atoms with van der Waals surface area (Å²) in [4.78, 5) is 16.2. The topological polar surface area (TPSA) is 85.9 Å². The summed E-state index contributed by atoms with van der Waals surface area (Å²) in [5.41, 5.74) is 0. The highest BCUT2D eigenvalue weighted by Crippen LogP contribution is 0.787. The summed E-state index contributed by atoms with van der Waals surface area (Å²) in [6.07, 6.45) is 0.250. The van der Waals surface area contributed by atoms with E-state index >= 15 is 0 Å². The summed E-state index contributed by atoms with van der Waals surface area (Å²) in [5.74, 6) is 0. The zero-order chi connectivity index (χ0) is 4.71. The highest BCUT2D eigenvalue weighted by molar-refractivity contribution is 5.20.